The van der Waals surface area contributed by atoms with Gasteiger partial charge in [0.2, 0.25) is 0 Å². The van der Waals surface area contributed by atoms with E-state index in [2.05, 4.69) is 91.0 Å². The second-order valence-corrected chi connectivity index (χ2v) is 8.46. The smallest absolute Gasteiger partial charge is 0.181 e. The summed E-state index contributed by atoms with van der Waals surface area (Å²) in [5, 5.41) is 16.8. The summed E-state index contributed by atoms with van der Waals surface area (Å²) in [6.07, 6.45) is 4.37. The molecule has 0 saturated heterocycles. The van der Waals surface area contributed by atoms with Crippen molar-refractivity contribution in [2.24, 2.45) is 5.92 Å². The quantitative estimate of drug-likeness (QED) is 0.689. The Labute approximate surface area is 167 Å². The Bertz CT molecular complexity index is 949. The number of tetrazole rings is 1. The number of hydrogen-bond acceptors (Lipinski definition) is 4. The van der Waals surface area contributed by atoms with Gasteiger partial charge in [-0.1, -0.05) is 42.3 Å². The number of hydrogen-bond donors (Lipinski definition) is 1. The summed E-state index contributed by atoms with van der Waals surface area (Å²) in [5.41, 5.74) is 5.60. The van der Waals surface area contributed by atoms with Crippen LogP contribution in [0, 0.1) is 26.7 Å². The van der Waals surface area contributed by atoms with E-state index in [0.717, 1.165) is 36.0 Å². The van der Waals surface area contributed by atoms with Crippen molar-refractivity contribution >= 4 is 5.69 Å². The van der Waals surface area contributed by atoms with E-state index >= 15 is 0 Å². The molecule has 1 fully saturated rings. The van der Waals surface area contributed by atoms with Gasteiger partial charge in [-0.05, 0) is 86.6 Å². The first kappa shape index (κ1) is 18.7. The monoisotopic (exact) mass is 375 g/mol. The van der Waals surface area contributed by atoms with Crippen LogP contribution in [0.2, 0.25) is 0 Å². The van der Waals surface area contributed by atoms with Crippen LogP contribution in [0.25, 0.3) is 5.69 Å². The zero-order valence-electron chi connectivity index (χ0n) is 17.2. The average molecular weight is 376 g/mol. The Balaban J connectivity index is 1.78. The highest BCUT2D eigenvalue weighted by Gasteiger charge is 2.41. The number of aryl methyl sites for hydroxylation is 3. The maximum Gasteiger partial charge on any atom is 0.181 e. The maximum absolute atomic E-state index is 4.53. The minimum Gasteiger partial charge on any atom is -0.373 e. The van der Waals surface area contributed by atoms with E-state index in [1.807, 2.05) is 4.68 Å². The first-order valence-corrected chi connectivity index (χ1v) is 10.2. The lowest BCUT2D eigenvalue weighted by Crippen LogP contribution is -2.41. The van der Waals surface area contributed by atoms with Crippen molar-refractivity contribution in [1.82, 2.24) is 20.2 Å². The Hall–Kier alpha value is -2.69. The molecule has 1 aliphatic carbocycles. The first-order chi connectivity index (χ1) is 13.5. The van der Waals surface area contributed by atoms with Gasteiger partial charge < -0.3 is 5.32 Å². The van der Waals surface area contributed by atoms with Crippen LogP contribution in [0.4, 0.5) is 5.69 Å². The van der Waals surface area contributed by atoms with E-state index in [0.29, 0.717) is 0 Å². The standard InChI is InChI=1S/C23H29N5/c1-16-5-8-20(9-6-16)24-23(13-11-17(2)12-14-23)22-25-26-27-28(22)21-10-7-18(3)15-19(21)4/h5-10,15,17,24H,11-14H2,1-4H3. The highest BCUT2D eigenvalue weighted by Crippen LogP contribution is 2.41. The molecule has 0 unspecified atom stereocenters. The van der Waals surface area contributed by atoms with Gasteiger partial charge in [0, 0.05) is 5.69 Å². The van der Waals surface area contributed by atoms with Gasteiger partial charge in [-0.15, -0.1) is 5.10 Å². The maximum atomic E-state index is 4.53. The van der Waals surface area contributed by atoms with Crippen LogP contribution in [-0.4, -0.2) is 20.2 Å². The minimum atomic E-state index is -0.261. The SMILES string of the molecule is Cc1ccc(NC2(c3nnnn3-c3ccc(C)cc3C)CCC(C)CC2)cc1. The van der Waals surface area contributed by atoms with Gasteiger partial charge in [0.25, 0.3) is 0 Å². The summed E-state index contributed by atoms with van der Waals surface area (Å²) < 4.78 is 1.94. The lowest BCUT2D eigenvalue weighted by atomic mass is 9.76. The molecule has 0 aliphatic heterocycles. The van der Waals surface area contributed by atoms with E-state index in [1.54, 1.807) is 0 Å². The van der Waals surface area contributed by atoms with Crippen LogP contribution in [0.15, 0.2) is 42.5 Å². The second kappa shape index (κ2) is 7.38. The number of anilines is 1. The van der Waals surface area contributed by atoms with Gasteiger partial charge in [-0.25, -0.2) is 0 Å². The molecule has 0 amide bonds. The lowest BCUT2D eigenvalue weighted by molar-refractivity contribution is 0.255. The summed E-state index contributed by atoms with van der Waals surface area (Å²) in [6.45, 7) is 8.68. The van der Waals surface area contributed by atoms with Gasteiger partial charge in [-0.3, -0.25) is 0 Å². The fourth-order valence-corrected chi connectivity index (χ4v) is 4.26. The van der Waals surface area contributed by atoms with E-state index < -0.39 is 0 Å². The van der Waals surface area contributed by atoms with Crippen LogP contribution in [0.5, 0.6) is 0 Å². The van der Waals surface area contributed by atoms with Crippen molar-refractivity contribution in [3.05, 3.63) is 65.0 Å². The minimum absolute atomic E-state index is 0.261. The molecule has 1 heterocycles. The van der Waals surface area contributed by atoms with Gasteiger partial charge in [0.15, 0.2) is 5.82 Å². The molecule has 1 N–H and O–H groups in total. The summed E-state index contributed by atoms with van der Waals surface area (Å²) in [5.74, 6) is 1.64. The molecule has 0 atom stereocenters. The third-order valence-electron chi connectivity index (χ3n) is 6.04. The molecule has 1 aliphatic rings. The Morgan fingerprint density at radius 2 is 1.64 bits per heavy atom. The molecular formula is C23H29N5. The molecule has 1 saturated carbocycles. The highest BCUT2D eigenvalue weighted by molar-refractivity contribution is 5.49. The third kappa shape index (κ3) is 3.53. The summed E-state index contributed by atoms with van der Waals surface area (Å²) in [7, 11) is 0. The Morgan fingerprint density at radius 3 is 2.32 bits per heavy atom. The average Bonchev–Trinajstić information content (AvgIpc) is 3.16. The molecule has 0 radical (unpaired) electrons. The van der Waals surface area contributed by atoms with Gasteiger partial charge >= 0.3 is 0 Å². The molecule has 5 nitrogen and oxygen atoms in total. The summed E-state index contributed by atoms with van der Waals surface area (Å²) in [4.78, 5) is 0. The summed E-state index contributed by atoms with van der Waals surface area (Å²) in [6, 6.07) is 15.0. The molecule has 0 bridgehead atoms. The Kier molecular flexibility index (Phi) is 4.92. The fraction of sp³-hybridized carbons (Fsp3) is 0.435. The normalized spacial score (nSPS) is 22.2. The molecule has 146 valence electrons. The van der Waals surface area contributed by atoms with E-state index in [1.165, 1.54) is 29.5 Å². The van der Waals surface area contributed by atoms with E-state index in [9.17, 15) is 0 Å². The van der Waals surface area contributed by atoms with Crippen LogP contribution in [0.1, 0.15) is 55.1 Å². The van der Waals surface area contributed by atoms with Crippen molar-refractivity contribution in [2.75, 3.05) is 5.32 Å². The van der Waals surface area contributed by atoms with Gasteiger partial charge in [0.1, 0.15) is 0 Å². The van der Waals surface area contributed by atoms with Crippen LogP contribution in [-0.2, 0) is 5.54 Å². The van der Waals surface area contributed by atoms with Crippen molar-refractivity contribution in [2.45, 2.75) is 58.9 Å². The second-order valence-electron chi connectivity index (χ2n) is 8.46. The van der Waals surface area contributed by atoms with Crippen molar-refractivity contribution in [3.8, 4) is 5.69 Å². The number of rotatable bonds is 4. The zero-order valence-corrected chi connectivity index (χ0v) is 17.2. The third-order valence-corrected chi connectivity index (χ3v) is 6.04. The first-order valence-electron chi connectivity index (χ1n) is 10.2. The summed E-state index contributed by atoms with van der Waals surface area (Å²) >= 11 is 0. The van der Waals surface area contributed by atoms with Crippen LogP contribution >= 0.6 is 0 Å². The molecule has 2 aromatic carbocycles. The fourth-order valence-electron chi connectivity index (χ4n) is 4.26. The topological polar surface area (TPSA) is 55.6 Å². The molecule has 3 aromatic rings. The van der Waals surface area contributed by atoms with Crippen LogP contribution in [0.3, 0.4) is 0 Å². The van der Waals surface area contributed by atoms with Crippen molar-refractivity contribution in [1.29, 1.82) is 0 Å². The highest BCUT2D eigenvalue weighted by atomic mass is 15.6. The zero-order chi connectivity index (χ0) is 19.7. The number of nitrogens with one attached hydrogen (secondary N) is 1. The molecule has 28 heavy (non-hydrogen) atoms. The van der Waals surface area contributed by atoms with Crippen molar-refractivity contribution in [3.63, 3.8) is 0 Å². The predicted octanol–water partition coefficient (Wildman–Crippen LogP) is 5.11. The molecular weight excluding hydrogens is 346 g/mol. The molecule has 0 spiro atoms. The number of aromatic nitrogens is 4. The van der Waals surface area contributed by atoms with Gasteiger partial charge in [0.05, 0.1) is 11.2 Å². The molecule has 5 heteroatoms. The Morgan fingerprint density at radius 1 is 0.964 bits per heavy atom. The lowest BCUT2D eigenvalue weighted by Gasteiger charge is -2.39. The van der Waals surface area contributed by atoms with Crippen LogP contribution < -0.4 is 5.32 Å². The van der Waals surface area contributed by atoms with Gasteiger partial charge in [-0.2, -0.15) is 4.68 Å². The van der Waals surface area contributed by atoms with Crippen molar-refractivity contribution < 1.29 is 0 Å². The predicted molar refractivity (Wildman–Crippen MR) is 113 cm³/mol. The molecule has 4 rings (SSSR count). The molecule has 1 aromatic heterocycles. The van der Waals surface area contributed by atoms with E-state index in [-0.39, 0.29) is 5.54 Å². The number of nitrogens with zero attached hydrogens (tertiary/aromatic N) is 4. The van der Waals surface area contributed by atoms with E-state index in [4.69, 9.17) is 0 Å². The largest absolute Gasteiger partial charge is 0.373 e. The number of benzene rings is 2.